The van der Waals surface area contributed by atoms with Crippen molar-refractivity contribution in [3.05, 3.63) is 0 Å². The smallest absolute Gasteiger partial charge is 0.171 e. The van der Waals surface area contributed by atoms with E-state index < -0.39 is 0 Å². The topological polar surface area (TPSA) is 18.5 Å². The summed E-state index contributed by atoms with van der Waals surface area (Å²) >= 11 is 0. The molecule has 1 unspecified atom stereocenters. The van der Waals surface area contributed by atoms with E-state index in [0.29, 0.717) is 0 Å². The van der Waals surface area contributed by atoms with Gasteiger partial charge in [-0.25, -0.2) is 0 Å². The minimum Gasteiger partial charge on any atom is -0.350 e. The first-order chi connectivity index (χ1) is 6.39. The molecule has 3 rings (SSSR count). The second kappa shape index (κ2) is 2.96. The highest BCUT2D eigenvalue weighted by Crippen LogP contribution is 2.53. The van der Waals surface area contributed by atoms with E-state index in [1.807, 2.05) is 0 Å². The Bertz CT molecular complexity index is 194. The predicted molar refractivity (Wildman–Crippen MR) is 49.3 cm³/mol. The Morgan fingerprint density at radius 3 is 2.31 bits per heavy atom. The van der Waals surface area contributed by atoms with Gasteiger partial charge in [0.05, 0.1) is 13.2 Å². The van der Waals surface area contributed by atoms with Crippen LogP contribution in [0, 0.1) is 11.8 Å². The van der Waals surface area contributed by atoms with Crippen LogP contribution in [0.15, 0.2) is 0 Å². The fraction of sp³-hybridized carbons (Fsp3) is 1.00. The van der Waals surface area contributed by atoms with Crippen molar-refractivity contribution in [2.24, 2.45) is 11.8 Å². The first-order valence-corrected chi connectivity index (χ1v) is 5.67. The summed E-state index contributed by atoms with van der Waals surface area (Å²) in [7, 11) is 0. The third kappa shape index (κ3) is 1.23. The van der Waals surface area contributed by atoms with E-state index in [1.54, 1.807) is 0 Å². The van der Waals surface area contributed by atoms with E-state index in [0.717, 1.165) is 25.0 Å². The normalized spacial score (nSPS) is 42.5. The van der Waals surface area contributed by atoms with Gasteiger partial charge >= 0.3 is 0 Å². The van der Waals surface area contributed by atoms with E-state index in [1.165, 1.54) is 38.5 Å². The highest BCUT2D eigenvalue weighted by Gasteiger charge is 2.53. The van der Waals surface area contributed by atoms with Crippen LogP contribution in [0.4, 0.5) is 0 Å². The van der Waals surface area contributed by atoms with E-state index in [4.69, 9.17) is 9.47 Å². The second-order valence-corrected chi connectivity index (χ2v) is 4.80. The lowest BCUT2D eigenvalue weighted by atomic mass is 9.94. The van der Waals surface area contributed by atoms with Crippen molar-refractivity contribution in [2.75, 3.05) is 13.2 Å². The molecular weight excluding hydrogens is 164 g/mol. The first kappa shape index (κ1) is 8.25. The monoisotopic (exact) mass is 182 g/mol. The number of fused-ring (bicyclic) bond motifs is 3. The first-order valence-electron chi connectivity index (χ1n) is 5.67. The van der Waals surface area contributed by atoms with Crippen LogP contribution in [0.1, 0.15) is 38.5 Å². The molecule has 0 aromatic rings. The zero-order valence-electron chi connectivity index (χ0n) is 8.13. The Morgan fingerprint density at radius 1 is 1.00 bits per heavy atom. The van der Waals surface area contributed by atoms with Gasteiger partial charge in [0.1, 0.15) is 0 Å². The van der Waals surface area contributed by atoms with Gasteiger partial charge in [0.25, 0.3) is 0 Å². The van der Waals surface area contributed by atoms with E-state index >= 15 is 0 Å². The van der Waals surface area contributed by atoms with Gasteiger partial charge in [-0.15, -0.1) is 0 Å². The van der Waals surface area contributed by atoms with Gasteiger partial charge in [0.15, 0.2) is 5.79 Å². The Hall–Kier alpha value is -0.0800. The molecule has 0 amide bonds. The molecule has 2 saturated carbocycles. The second-order valence-electron chi connectivity index (χ2n) is 4.80. The summed E-state index contributed by atoms with van der Waals surface area (Å²) in [4.78, 5) is 0. The maximum Gasteiger partial charge on any atom is 0.171 e. The van der Waals surface area contributed by atoms with Crippen molar-refractivity contribution in [1.29, 1.82) is 0 Å². The Morgan fingerprint density at radius 2 is 1.77 bits per heavy atom. The largest absolute Gasteiger partial charge is 0.350 e. The maximum absolute atomic E-state index is 5.96. The SMILES string of the molecule is C1CCOC2(CC3CC[C@H]2C3)OC1. The summed E-state index contributed by atoms with van der Waals surface area (Å²) in [5.74, 6) is 1.50. The minimum absolute atomic E-state index is 0.126. The number of hydrogen-bond acceptors (Lipinski definition) is 2. The van der Waals surface area contributed by atoms with Crippen molar-refractivity contribution in [2.45, 2.75) is 44.3 Å². The van der Waals surface area contributed by atoms with Crippen LogP contribution in [0.5, 0.6) is 0 Å². The van der Waals surface area contributed by atoms with Gasteiger partial charge in [-0.3, -0.25) is 0 Å². The van der Waals surface area contributed by atoms with Crippen molar-refractivity contribution in [3.8, 4) is 0 Å². The molecule has 0 aromatic carbocycles. The lowest BCUT2D eigenvalue weighted by Crippen LogP contribution is -2.40. The van der Waals surface area contributed by atoms with Crippen molar-refractivity contribution in [1.82, 2.24) is 0 Å². The molecule has 1 aliphatic heterocycles. The molecule has 2 bridgehead atoms. The third-order valence-corrected chi connectivity index (χ3v) is 3.97. The zero-order chi connectivity index (χ0) is 8.73. The molecule has 3 aliphatic rings. The number of ether oxygens (including phenoxy) is 2. The lowest BCUT2D eigenvalue weighted by Gasteiger charge is -2.36. The Balaban J connectivity index is 1.79. The number of hydrogen-bond donors (Lipinski definition) is 0. The summed E-state index contributed by atoms with van der Waals surface area (Å²) in [6.07, 6.45) is 7.65. The molecule has 0 N–H and O–H groups in total. The molecule has 0 aromatic heterocycles. The Labute approximate surface area is 79.6 Å². The molecule has 2 heteroatoms. The van der Waals surface area contributed by atoms with Crippen LogP contribution >= 0.6 is 0 Å². The quantitative estimate of drug-likeness (QED) is 0.572. The number of rotatable bonds is 0. The fourth-order valence-corrected chi connectivity index (χ4v) is 3.32. The maximum atomic E-state index is 5.96. The average molecular weight is 182 g/mol. The molecule has 2 nitrogen and oxygen atoms in total. The van der Waals surface area contributed by atoms with Gasteiger partial charge in [0.2, 0.25) is 0 Å². The zero-order valence-corrected chi connectivity index (χ0v) is 8.13. The highest BCUT2D eigenvalue weighted by atomic mass is 16.7. The fourth-order valence-electron chi connectivity index (χ4n) is 3.32. The standard InChI is InChI=1S/C11H18O2/c1-2-6-13-11(12-5-1)8-9-3-4-10(11)7-9/h9-10H,1-8H2/t9?,10-/m0/s1. The lowest BCUT2D eigenvalue weighted by molar-refractivity contribution is -0.252. The molecule has 2 atom stereocenters. The van der Waals surface area contributed by atoms with Crippen LogP contribution in [0.25, 0.3) is 0 Å². The highest BCUT2D eigenvalue weighted by molar-refractivity contribution is 4.97. The third-order valence-electron chi connectivity index (χ3n) is 3.97. The predicted octanol–water partition coefficient (Wildman–Crippen LogP) is 2.33. The molecule has 1 spiro atoms. The van der Waals surface area contributed by atoms with Crippen LogP contribution in [0.3, 0.4) is 0 Å². The summed E-state index contributed by atoms with van der Waals surface area (Å²) in [5.41, 5.74) is 0. The Kier molecular flexibility index (Phi) is 1.88. The minimum atomic E-state index is -0.126. The summed E-state index contributed by atoms with van der Waals surface area (Å²) in [5, 5.41) is 0. The van der Waals surface area contributed by atoms with Crippen molar-refractivity contribution in [3.63, 3.8) is 0 Å². The van der Waals surface area contributed by atoms with E-state index in [2.05, 4.69) is 0 Å². The van der Waals surface area contributed by atoms with Gasteiger partial charge in [0, 0.05) is 12.3 Å². The van der Waals surface area contributed by atoms with Crippen molar-refractivity contribution >= 4 is 0 Å². The molecular formula is C11H18O2. The molecule has 0 radical (unpaired) electrons. The summed E-state index contributed by atoms with van der Waals surface area (Å²) < 4.78 is 11.9. The molecule has 1 saturated heterocycles. The average Bonchev–Trinajstić information content (AvgIpc) is 2.63. The summed E-state index contributed by atoms with van der Waals surface area (Å²) in [6.45, 7) is 1.84. The van der Waals surface area contributed by atoms with E-state index in [-0.39, 0.29) is 5.79 Å². The van der Waals surface area contributed by atoms with E-state index in [9.17, 15) is 0 Å². The van der Waals surface area contributed by atoms with Gasteiger partial charge in [-0.2, -0.15) is 0 Å². The van der Waals surface area contributed by atoms with Gasteiger partial charge < -0.3 is 9.47 Å². The van der Waals surface area contributed by atoms with Crippen LogP contribution < -0.4 is 0 Å². The van der Waals surface area contributed by atoms with Crippen molar-refractivity contribution < 1.29 is 9.47 Å². The van der Waals surface area contributed by atoms with Crippen LogP contribution in [-0.4, -0.2) is 19.0 Å². The van der Waals surface area contributed by atoms with Crippen LogP contribution in [-0.2, 0) is 9.47 Å². The van der Waals surface area contributed by atoms with Gasteiger partial charge in [-0.05, 0) is 38.0 Å². The molecule has 3 fully saturated rings. The summed E-state index contributed by atoms with van der Waals surface area (Å²) in [6, 6.07) is 0. The molecule has 13 heavy (non-hydrogen) atoms. The van der Waals surface area contributed by atoms with Gasteiger partial charge in [-0.1, -0.05) is 0 Å². The molecule has 1 heterocycles. The van der Waals surface area contributed by atoms with Crippen LogP contribution in [0.2, 0.25) is 0 Å². The molecule has 2 aliphatic carbocycles. The molecule has 74 valence electrons.